The van der Waals surface area contributed by atoms with Crippen LogP contribution in [0.3, 0.4) is 0 Å². The second-order valence-corrected chi connectivity index (χ2v) is 4.09. The van der Waals surface area contributed by atoms with Crippen LogP contribution >= 0.6 is 0 Å². The highest BCUT2D eigenvalue weighted by atomic mass is 16.7. The molecule has 0 atom stereocenters. The van der Waals surface area contributed by atoms with Gasteiger partial charge in [-0.1, -0.05) is 13.2 Å². The minimum atomic E-state index is -0.584. The lowest BCUT2D eigenvalue weighted by atomic mass is 10.3. The molecule has 1 N–H and O–H groups in total. The van der Waals surface area contributed by atoms with Crippen LogP contribution in [-0.4, -0.2) is 50.3 Å². The van der Waals surface area contributed by atoms with Gasteiger partial charge in [0.2, 0.25) is 0 Å². The summed E-state index contributed by atoms with van der Waals surface area (Å²) < 4.78 is 19.6. The Bertz CT molecular complexity index is 362. The van der Waals surface area contributed by atoms with Crippen LogP contribution in [0.2, 0.25) is 0 Å². The van der Waals surface area contributed by atoms with Crippen molar-refractivity contribution in [3.8, 4) is 0 Å². The maximum absolute atomic E-state index is 11.4. The van der Waals surface area contributed by atoms with E-state index < -0.39 is 11.9 Å². The lowest BCUT2D eigenvalue weighted by Gasteiger charge is -2.08. The maximum atomic E-state index is 11.4. The Kier molecular flexibility index (Phi) is 10.9. The van der Waals surface area contributed by atoms with Gasteiger partial charge in [-0.2, -0.15) is 0 Å². The van der Waals surface area contributed by atoms with Crippen LogP contribution < -0.4 is 0 Å². The molecular weight excluding hydrogens is 280 g/mol. The van der Waals surface area contributed by atoms with Crippen molar-refractivity contribution in [1.29, 1.82) is 0 Å². The van der Waals surface area contributed by atoms with Crippen molar-refractivity contribution in [3.05, 3.63) is 24.5 Å². The van der Waals surface area contributed by atoms with Gasteiger partial charge in [0.05, 0.1) is 25.4 Å². The van der Waals surface area contributed by atoms with Crippen LogP contribution in [0.1, 0.15) is 19.8 Å². The molecule has 0 heterocycles. The average Bonchev–Trinajstić information content (AvgIpc) is 2.46. The van der Waals surface area contributed by atoms with Crippen LogP contribution in [0.15, 0.2) is 24.5 Å². The first-order chi connectivity index (χ1) is 9.97. The molecule has 21 heavy (non-hydrogen) atoms. The van der Waals surface area contributed by atoms with Crippen LogP contribution in [-0.2, 0) is 28.5 Å². The quantitative estimate of drug-likeness (QED) is 0.188. The summed E-state index contributed by atoms with van der Waals surface area (Å²) in [5.41, 5.74) is 0.0948. The summed E-state index contributed by atoms with van der Waals surface area (Å²) in [5.74, 6) is -0.817. The smallest absolute Gasteiger partial charge is 0.336 e. The van der Waals surface area contributed by atoms with E-state index in [1.165, 1.54) is 6.92 Å². The molecule has 0 aliphatic heterocycles. The van der Waals surface area contributed by atoms with Gasteiger partial charge in [0.15, 0.2) is 6.79 Å². The second-order valence-electron chi connectivity index (χ2n) is 4.09. The molecule has 0 amide bonds. The molecule has 7 heteroatoms. The molecule has 0 radical (unpaired) electrons. The van der Waals surface area contributed by atoms with Crippen molar-refractivity contribution < 1.29 is 33.6 Å². The second kappa shape index (κ2) is 11.9. The first-order valence-corrected chi connectivity index (χ1v) is 6.44. The van der Waals surface area contributed by atoms with Gasteiger partial charge in [0.25, 0.3) is 0 Å². The highest BCUT2D eigenvalue weighted by Gasteiger charge is 2.09. The molecule has 7 nitrogen and oxygen atoms in total. The Morgan fingerprint density at radius 2 is 1.71 bits per heavy atom. The summed E-state index contributed by atoms with van der Waals surface area (Å²) in [6.07, 6.45) is 1.30. The summed E-state index contributed by atoms with van der Waals surface area (Å²) in [4.78, 5) is 22.0. The monoisotopic (exact) mass is 302 g/mol. The molecule has 0 fully saturated rings. The molecule has 0 aromatic carbocycles. The fourth-order valence-electron chi connectivity index (χ4n) is 1.05. The fourth-order valence-corrected chi connectivity index (χ4v) is 1.05. The van der Waals surface area contributed by atoms with Gasteiger partial charge in [-0.3, -0.25) is 4.79 Å². The Morgan fingerprint density at radius 3 is 2.33 bits per heavy atom. The van der Waals surface area contributed by atoms with Crippen LogP contribution in [0.5, 0.6) is 0 Å². The first kappa shape index (κ1) is 19.1. The molecule has 0 aromatic heterocycles. The Hall–Kier alpha value is -1.86. The molecule has 0 aliphatic rings. The van der Waals surface area contributed by atoms with Crippen molar-refractivity contribution >= 4 is 11.9 Å². The minimum absolute atomic E-state index is 0.0262. The zero-order valence-corrected chi connectivity index (χ0v) is 12.3. The van der Waals surface area contributed by atoms with E-state index >= 15 is 0 Å². The van der Waals surface area contributed by atoms with Gasteiger partial charge in [-0.05, 0) is 12.8 Å². The third-order valence-electron chi connectivity index (χ3n) is 2.18. The molecule has 0 saturated heterocycles. The maximum Gasteiger partial charge on any atom is 0.336 e. The molecule has 0 rings (SSSR count). The highest BCUT2D eigenvalue weighted by Crippen LogP contribution is 1.99. The number of esters is 2. The average molecular weight is 302 g/mol. The van der Waals surface area contributed by atoms with Crippen molar-refractivity contribution in [2.45, 2.75) is 19.8 Å². The van der Waals surface area contributed by atoms with Crippen LogP contribution in [0.25, 0.3) is 0 Å². The predicted octanol–water partition coefficient (Wildman–Crippen LogP) is 0.926. The van der Waals surface area contributed by atoms with E-state index in [9.17, 15) is 9.59 Å². The Labute approximate surface area is 124 Å². The lowest BCUT2D eigenvalue weighted by Crippen LogP contribution is -2.14. The largest absolute Gasteiger partial charge is 0.470 e. The van der Waals surface area contributed by atoms with Gasteiger partial charge >= 0.3 is 11.9 Å². The van der Waals surface area contributed by atoms with Gasteiger partial charge in [0, 0.05) is 6.92 Å². The molecule has 0 unspecified atom stereocenters. The Balaban J connectivity index is 3.45. The summed E-state index contributed by atoms with van der Waals surface area (Å²) in [7, 11) is 0. The minimum Gasteiger partial charge on any atom is -0.470 e. The first-order valence-electron chi connectivity index (χ1n) is 6.44. The number of aliphatic hydroxyl groups is 1. The normalized spacial score (nSPS) is 9.81. The number of hydrogen-bond donors (Lipinski definition) is 1. The number of carbonyl (C=O) groups excluding carboxylic acids is 2. The van der Waals surface area contributed by atoms with Crippen molar-refractivity contribution in [2.75, 3.05) is 33.2 Å². The van der Waals surface area contributed by atoms with E-state index in [1.807, 2.05) is 0 Å². The van der Waals surface area contributed by atoms with Gasteiger partial charge in [-0.15, -0.1) is 0 Å². The van der Waals surface area contributed by atoms with Gasteiger partial charge in [0.1, 0.15) is 12.4 Å². The van der Waals surface area contributed by atoms with E-state index in [1.54, 1.807) is 0 Å². The van der Waals surface area contributed by atoms with Gasteiger partial charge < -0.3 is 24.1 Å². The number of ether oxygens (including phenoxy) is 4. The zero-order valence-electron chi connectivity index (χ0n) is 12.3. The number of carbonyl (C=O) groups is 2. The number of rotatable bonds is 12. The topological polar surface area (TPSA) is 91.3 Å². The third-order valence-corrected chi connectivity index (χ3v) is 2.18. The SMILES string of the molecule is C=C(CO)OCOCCCCOC(=O)C(=C)COC(C)=O. The number of aliphatic hydroxyl groups excluding tert-OH is 1. The summed E-state index contributed by atoms with van der Waals surface area (Å²) in [6.45, 7) is 8.44. The van der Waals surface area contributed by atoms with E-state index in [4.69, 9.17) is 19.3 Å². The Morgan fingerprint density at radius 1 is 1.05 bits per heavy atom. The van der Waals surface area contributed by atoms with Crippen LogP contribution in [0.4, 0.5) is 0 Å². The third kappa shape index (κ3) is 11.6. The van der Waals surface area contributed by atoms with Crippen molar-refractivity contribution in [3.63, 3.8) is 0 Å². The standard InChI is InChI=1S/C14H22O7/c1-11(9-20-13(3)16)14(17)19-7-5-4-6-18-10-21-12(2)8-15/h15H,1-2,4-10H2,3H3. The summed E-state index contributed by atoms with van der Waals surface area (Å²) in [6, 6.07) is 0. The van der Waals surface area contributed by atoms with E-state index in [0.717, 1.165) is 0 Å². The lowest BCUT2D eigenvalue weighted by molar-refractivity contribution is -0.143. The van der Waals surface area contributed by atoms with E-state index in [2.05, 4.69) is 17.9 Å². The van der Waals surface area contributed by atoms with Crippen molar-refractivity contribution in [2.24, 2.45) is 0 Å². The molecule has 0 aromatic rings. The molecule has 0 spiro atoms. The molecule has 0 saturated carbocycles. The number of hydrogen-bond acceptors (Lipinski definition) is 7. The van der Waals surface area contributed by atoms with E-state index in [0.29, 0.717) is 19.4 Å². The van der Waals surface area contributed by atoms with E-state index in [-0.39, 0.29) is 37.9 Å². The molecular formula is C14H22O7. The predicted molar refractivity (Wildman–Crippen MR) is 74.1 cm³/mol. The summed E-state index contributed by atoms with van der Waals surface area (Å²) in [5, 5.41) is 8.61. The zero-order chi connectivity index (χ0) is 16.1. The molecule has 0 aliphatic carbocycles. The number of unbranched alkanes of at least 4 members (excludes halogenated alkanes) is 1. The van der Waals surface area contributed by atoms with Gasteiger partial charge in [-0.25, -0.2) is 4.79 Å². The molecule has 0 bridgehead atoms. The summed E-state index contributed by atoms with van der Waals surface area (Å²) >= 11 is 0. The molecule has 120 valence electrons. The van der Waals surface area contributed by atoms with Crippen molar-refractivity contribution in [1.82, 2.24) is 0 Å². The fraction of sp³-hybridized carbons (Fsp3) is 0.571. The van der Waals surface area contributed by atoms with Crippen LogP contribution in [0, 0.1) is 0 Å². The highest BCUT2D eigenvalue weighted by molar-refractivity contribution is 5.88.